The van der Waals surface area contributed by atoms with Gasteiger partial charge >= 0.3 is 0 Å². The van der Waals surface area contributed by atoms with Crippen LogP contribution in [0, 0.1) is 0 Å². The summed E-state index contributed by atoms with van der Waals surface area (Å²) < 4.78 is 5.48. The Labute approximate surface area is 164 Å². The summed E-state index contributed by atoms with van der Waals surface area (Å²) in [5, 5.41) is 5.37. The zero-order valence-electron chi connectivity index (χ0n) is 15.4. The smallest absolute Gasteiger partial charge is 0.173 e. The summed E-state index contributed by atoms with van der Waals surface area (Å²) in [6.45, 7) is 4.38. The van der Waals surface area contributed by atoms with Gasteiger partial charge in [-0.1, -0.05) is 24.3 Å². The summed E-state index contributed by atoms with van der Waals surface area (Å²) in [6.07, 6.45) is 5.38. The van der Waals surface area contributed by atoms with Crippen LogP contribution in [0.3, 0.4) is 0 Å². The molecule has 1 aromatic heterocycles. The van der Waals surface area contributed by atoms with Crippen molar-refractivity contribution >= 4 is 39.5 Å². The van der Waals surface area contributed by atoms with Crippen molar-refractivity contribution in [3.8, 4) is 5.75 Å². The van der Waals surface area contributed by atoms with E-state index in [4.69, 9.17) is 17.0 Å². The summed E-state index contributed by atoms with van der Waals surface area (Å²) in [5.41, 5.74) is 4.85. The van der Waals surface area contributed by atoms with Gasteiger partial charge in [-0.15, -0.1) is 0 Å². The Morgan fingerprint density at radius 2 is 2.00 bits per heavy atom. The van der Waals surface area contributed by atoms with E-state index in [2.05, 4.69) is 51.7 Å². The SMILES string of the molecule is CCOc1ccc(NC(=S)N2CC=C(c3c[nH]c4ccccc34)CC2)cc1. The van der Waals surface area contributed by atoms with Crippen LogP contribution in [0.25, 0.3) is 16.5 Å². The van der Waals surface area contributed by atoms with Crippen LogP contribution in [-0.2, 0) is 0 Å². The van der Waals surface area contributed by atoms with E-state index in [0.29, 0.717) is 6.61 Å². The fraction of sp³-hybridized carbons (Fsp3) is 0.227. The predicted octanol–water partition coefficient (Wildman–Crippen LogP) is 5.05. The van der Waals surface area contributed by atoms with Crippen LogP contribution in [0.5, 0.6) is 5.75 Å². The highest BCUT2D eigenvalue weighted by atomic mass is 32.1. The molecule has 0 radical (unpaired) electrons. The molecule has 1 aliphatic heterocycles. The molecule has 5 heteroatoms. The number of fused-ring (bicyclic) bond motifs is 1. The number of rotatable bonds is 4. The quantitative estimate of drug-likeness (QED) is 0.624. The number of benzene rings is 2. The highest BCUT2D eigenvalue weighted by Crippen LogP contribution is 2.29. The third-order valence-electron chi connectivity index (χ3n) is 4.85. The lowest BCUT2D eigenvalue weighted by atomic mass is 9.99. The number of H-pyrrole nitrogens is 1. The van der Waals surface area contributed by atoms with Crippen LogP contribution in [0.2, 0.25) is 0 Å². The maximum Gasteiger partial charge on any atom is 0.173 e. The van der Waals surface area contributed by atoms with Gasteiger partial charge in [0.05, 0.1) is 6.61 Å². The molecule has 2 heterocycles. The minimum atomic E-state index is 0.671. The molecule has 2 aromatic carbocycles. The second kappa shape index (κ2) is 7.84. The number of aromatic nitrogens is 1. The molecule has 0 saturated heterocycles. The molecule has 0 fully saturated rings. The third kappa shape index (κ3) is 3.83. The Bertz CT molecular complexity index is 975. The highest BCUT2D eigenvalue weighted by molar-refractivity contribution is 7.80. The molecule has 27 heavy (non-hydrogen) atoms. The van der Waals surface area contributed by atoms with Crippen LogP contribution >= 0.6 is 12.2 Å². The molecule has 1 aliphatic rings. The summed E-state index contributed by atoms with van der Waals surface area (Å²) in [7, 11) is 0. The number of para-hydroxylation sites is 1. The van der Waals surface area contributed by atoms with Gasteiger partial charge in [0.2, 0.25) is 0 Å². The van der Waals surface area contributed by atoms with E-state index < -0.39 is 0 Å². The Balaban J connectivity index is 1.41. The van der Waals surface area contributed by atoms with Crippen LogP contribution in [0.15, 0.2) is 60.8 Å². The zero-order chi connectivity index (χ0) is 18.6. The van der Waals surface area contributed by atoms with Crippen LogP contribution < -0.4 is 10.1 Å². The van der Waals surface area contributed by atoms with Gasteiger partial charge in [-0.05, 0) is 61.5 Å². The molecule has 4 rings (SSSR count). The molecular weight excluding hydrogens is 354 g/mol. The number of anilines is 1. The molecule has 0 saturated carbocycles. The number of thiocarbonyl (C=S) groups is 1. The van der Waals surface area contributed by atoms with Gasteiger partial charge in [-0.3, -0.25) is 0 Å². The lowest BCUT2D eigenvalue weighted by Gasteiger charge is -2.29. The topological polar surface area (TPSA) is 40.3 Å². The molecular formula is C22H23N3OS. The van der Waals surface area contributed by atoms with E-state index in [-0.39, 0.29) is 0 Å². The molecule has 0 aliphatic carbocycles. The van der Waals surface area contributed by atoms with Crippen molar-refractivity contribution in [2.45, 2.75) is 13.3 Å². The van der Waals surface area contributed by atoms with Crippen LogP contribution in [0.1, 0.15) is 18.9 Å². The van der Waals surface area contributed by atoms with Crippen molar-refractivity contribution in [3.63, 3.8) is 0 Å². The fourth-order valence-electron chi connectivity index (χ4n) is 3.44. The second-order valence-electron chi connectivity index (χ2n) is 6.56. The first-order chi connectivity index (χ1) is 13.2. The Kier molecular flexibility index (Phi) is 5.12. The molecule has 0 spiro atoms. The fourth-order valence-corrected chi connectivity index (χ4v) is 3.72. The van der Waals surface area contributed by atoms with E-state index in [0.717, 1.165) is 36.1 Å². The molecule has 0 amide bonds. The second-order valence-corrected chi connectivity index (χ2v) is 6.95. The monoisotopic (exact) mass is 377 g/mol. The average Bonchev–Trinajstić information content (AvgIpc) is 3.14. The molecule has 3 aromatic rings. The van der Waals surface area contributed by atoms with Crippen molar-refractivity contribution in [3.05, 3.63) is 66.4 Å². The Morgan fingerprint density at radius 3 is 2.74 bits per heavy atom. The minimum absolute atomic E-state index is 0.671. The minimum Gasteiger partial charge on any atom is -0.494 e. The number of aromatic amines is 1. The average molecular weight is 378 g/mol. The first-order valence-electron chi connectivity index (χ1n) is 9.29. The Morgan fingerprint density at radius 1 is 1.19 bits per heavy atom. The van der Waals surface area contributed by atoms with Crippen LogP contribution in [0.4, 0.5) is 5.69 Å². The van der Waals surface area contributed by atoms with Crippen molar-refractivity contribution < 1.29 is 4.74 Å². The first kappa shape index (κ1) is 17.6. The zero-order valence-corrected chi connectivity index (χ0v) is 16.2. The van der Waals surface area contributed by atoms with Crippen LogP contribution in [-0.4, -0.2) is 34.7 Å². The molecule has 0 bridgehead atoms. The van der Waals surface area contributed by atoms with Gasteiger partial charge < -0.3 is 19.9 Å². The van der Waals surface area contributed by atoms with E-state index >= 15 is 0 Å². The number of hydrogen-bond acceptors (Lipinski definition) is 2. The van der Waals surface area contributed by atoms with Gasteiger partial charge in [-0.25, -0.2) is 0 Å². The maximum absolute atomic E-state index is 5.60. The van der Waals surface area contributed by atoms with Crippen molar-refractivity contribution in [1.82, 2.24) is 9.88 Å². The highest BCUT2D eigenvalue weighted by Gasteiger charge is 2.17. The lowest BCUT2D eigenvalue weighted by molar-refractivity contribution is 0.340. The number of hydrogen-bond donors (Lipinski definition) is 2. The standard InChI is InChI=1S/C22H23N3OS/c1-2-26-18-9-7-17(8-10-18)24-22(27)25-13-11-16(12-14-25)20-15-23-21-6-4-3-5-19(20)21/h3-11,15,23H,2,12-14H2,1H3,(H,24,27). The maximum atomic E-state index is 5.60. The largest absolute Gasteiger partial charge is 0.494 e. The summed E-state index contributed by atoms with van der Waals surface area (Å²) in [6, 6.07) is 16.3. The van der Waals surface area contributed by atoms with Gasteiger partial charge in [0.1, 0.15) is 5.75 Å². The summed E-state index contributed by atoms with van der Waals surface area (Å²) >= 11 is 5.60. The Hall–Kier alpha value is -2.79. The molecule has 138 valence electrons. The molecule has 2 N–H and O–H groups in total. The molecule has 0 unspecified atom stereocenters. The number of nitrogens with one attached hydrogen (secondary N) is 2. The molecule has 4 nitrogen and oxygen atoms in total. The summed E-state index contributed by atoms with van der Waals surface area (Å²) in [5.74, 6) is 0.873. The molecule has 0 atom stereocenters. The van der Waals surface area contributed by atoms with E-state index in [1.807, 2.05) is 31.2 Å². The van der Waals surface area contributed by atoms with Gasteiger partial charge in [0, 0.05) is 41.4 Å². The lowest BCUT2D eigenvalue weighted by Crippen LogP contribution is -2.37. The first-order valence-corrected chi connectivity index (χ1v) is 9.69. The predicted molar refractivity (Wildman–Crippen MR) is 116 cm³/mol. The van der Waals surface area contributed by atoms with Gasteiger partial charge in [0.25, 0.3) is 0 Å². The van der Waals surface area contributed by atoms with E-state index in [1.165, 1.54) is 22.0 Å². The number of nitrogens with zero attached hydrogens (tertiary/aromatic N) is 1. The van der Waals surface area contributed by atoms with Crippen molar-refractivity contribution in [1.29, 1.82) is 0 Å². The van der Waals surface area contributed by atoms with Crippen molar-refractivity contribution in [2.24, 2.45) is 0 Å². The van der Waals surface area contributed by atoms with E-state index in [1.54, 1.807) is 0 Å². The van der Waals surface area contributed by atoms with Gasteiger partial charge in [0.15, 0.2) is 5.11 Å². The normalized spacial score (nSPS) is 14.1. The van der Waals surface area contributed by atoms with Crippen molar-refractivity contribution in [2.75, 3.05) is 25.0 Å². The number of ether oxygens (including phenoxy) is 1. The summed E-state index contributed by atoms with van der Waals surface area (Å²) in [4.78, 5) is 5.56. The third-order valence-corrected chi connectivity index (χ3v) is 5.21. The van der Waals surface area contributed by atoms with E-state index in [9.17, 15) is 0 Å². The van der Waals surface area contributed by atoms with Gasteiger partial charge in [-0.2, -0.15) is 0 Å².